The van der Waals surface area contributed by atoms with Crippen molar-refractivity contribution in [2.75, 3.05) is 11.9 Å². The van der Waals surface area contributed by atoms with Crippen LogP contribution >= 0.6 is 11.3 Å². The molecule has 1 aromatic carbocycles. The Bertz CT molecular complexity index is 1570. The Morgan fingerprint density at radius 1 is 1.09 bits per heavy atom. The molecule has 0 atom stereocenters. The van der Waals surface area contributed by atoms with Gasteiger partial charge in [0.15, 0.2) is 5.82 Å². The molecule has 0 unspecified atom stereocenters. The molecule has 6 aromatic rings. The van der Waals surface area contributed by atoms with Gasteiger partial charge in [-0.05, 0) is 29.1 Å². The van der Waals surface area contributed by atoms with Crippen LogP contribution in [-0.4, -0.2) is 41.5 Å². The summed E-state index contributed by atoms with van der Waals surface area (Å²) >= 11 is 1.52. The maximum atomic E-state index is 14.7. The standard InChI is InChI=1S/C23H17FN8S/c24-18-13-28-23(27-8-10-32-11-9-29-31-32)30-20(18)19-12-14-2-1-3-16(21(14)33-19)15-4-6-25-22-17(15)5-7-26-22/h1-7,9,11-13H,8,10H2,(H,25,26)(H,27,28,30). The van der Waals surface area contributed by atoms with Crippen molar-refractivity contribution in [2.24, 2.45) is 0 Å². The van der Waals surface area contributed by atoms with Crippen LogP contribution < -0.4 is 5.32 Å². The first-order valence-electron chi connectivity index (χ1n) is 10.3. The number of anilines is 1. The molecule has 0 saturated heterocycles. The number of pyridine rings is 1. The van der Waals surface area contributed by atoms with Crippen molar-refractivity contribution in [1.82, 2.24) is 34.9 Å². The number of thiophene rings is 1. The van der Waals surface area contributed by atoms with Crippen LogP contribution in [0, 0.1) is 5.82 Å². The fourth-order valence-corrected chi connectivity index (χ4v) is 5.03. The number of nitrogens with one attached hydrogen (secondary N) is 2. The summed E-state index contributed by atoms with van der Waals surface area (Å²) in [6, 6.07) is 12.1. The first-order valence-corrected chi connectivity index (χ1v) is 11.1. The van der Waals surface area contributed by atoms with Gasteiger partial charge >= 0.3 is 0 Å². The van der Waals surface area contributed by atoms with Crippen LogP contribution in [0.2, 0.25) is 0 Å². The van der Waals surface area contributed by atoms with Crippen LogP contribution in [-0.2, 0) is 6.54 Å². The van der Waals surface area contributed by atoms with Crippen LogP contribution in [0.15, 0.2) is 67.4 Å². The summed E-state index contributed by atoms with van der Waals surface area (Å²) in [6.45, 7) is 1.14. The van der Waals surface area contributed by atoms with Gasteiger partial charge in [-0.15, -0.1) is 16.4 Å². The number of halogens is 1. The third-order valence-corrected chi connectivity index (χ3v) is 6.56. The molecule has 162 valence electrons. The van der Waals surface area contributed by atoms with E-state index in [1.54, 1.807) is 23.3 Å². The van der Waals surface area contributed by atoms with Crippen LogP contribution in [0.4, 0.5) is 10.3 Å². The maximum absolute atomic E-state index is 14.7. The molecule has 0 aliphatic carbocycles. The molecule has 2 N–H and O–H groups in total. The molecule has 0 radical (unpaired) electrons. The number of aromatic amines is 1. The number of aromatic nitrogens is 7. The number of H-pyrrole nitrogens is 1. The monoisotopic (exact) mass is 456 g/mol. The van der Waals surface area contributed by atoms with Gasteiger partial charge in [0.05, 0.1) is 23.8 Å². The molecule has 10 heteroatoms. The molecule has 0 fully saturated rings. The topological polar surface area (TPSA) is 97.2 Å². The zero-order valence-corrected chi connectivity index (χ0v) is 18.1. The Balaban J connectivity index is 1.36. The Kier molecular flexibility index (Phi) is 4.76. The average molecular weight is 457 g/mol. The molecular weight excluding hydrogens is 439 g/mol. The van der Waals surface area contributed by atoms with Crippen molar-refractivity contribution >= 4 is 38.4 Å². The Morgan fingerprint density at radius 3 is 2.97 bits per heavy atom. The van der Waals surface area contributed by atoms with Gasteiger partial charge in [0.2, 0.25) is 5.95 Å². The van der Waals surface area contributed by atoms with E-state index in [1.165, 1.54) is 17.5 Å². The van der Waals surface area contributed by atoms with E-state index in [1.807, 2.05) is 36.5 Å². The molecular formula is C23H17FN8S. The van der Waals surface area contributed by atoms with Crippen molar-refractivity contribution in [3.63, 3.8) is 0 Å². The lowest BCUT2D eigenvalue weighted by molar-refractivity contribution is 0.604. The second-order valence-electron chi connectivity index (χ2n) is 7.42. The van der Waals surface area contributed by atoms with E-state index < -0.39 is 5.82 Å². The van der Waals surface area contributed by atoms with Gasteiger partial charge in [0.25, 0.3) is 0 Å². The SMILES string of the molecule is Fc1cnc(NCCn2ccnn2)nc1-c1cc2cccc(-c3ccnc4[nH]ccc34)c2s1. The number of fused-ring (bicyclic) bond motifs is 2. The number of hydrogen-bond donors (Lipinski definition) is 2. The van der Waals surface area contributed by atoms with Gasteiger partial charge in [0, 0.05) is 40.8 Å². The van der Waals surface area contributed by atoms with Crippen molar-refractivity contribution < 1.29 is 4.39 Å². The zero-order chi connectivity index (χ0) is 22.2. The van der Waals surface area contributed by atoms with Crippen LogP contribution in [0.1, 0.15) is 0 Å². The maximum Gasteiger partial charge on any atom is 0.223 e. The molecule has 0 saturated carbocycles. The smallest absolute Gasteiger partial charge is 0.223 e. The average Bonchev–Trinajstić information content (AvgIpc) is 3.60. The highest BCUT2D eigenvalue weighted by molar-refractivity contribution is 7.22. The van der Waals surface area contributed by atoms with Crippen molar-refractivity contribution in [1.29, 1.82) is 0 Å². The lowest BCUT2D eigenvalue weighted by Gasteiger charge is -2.06. The molecule has 0 bridgehead atoms. The van der Waals surface area contributed by atoms with Crippen LogP contribution in [0.3, 0.4) is 0 Å². The summed E-state index contributed by atoms with van der Waals surface area (Å²) < 4.78 is 17.5. The highest BCUT2D eigenvalue weighted by Gasteiger charge is 2.16. The van der Waals surface area contributed by atoms with E-state index in [9.17, 15) is 4.39 Å². The molecule has 0 amide bonds. The quantitative estimate of drug-likeness (QED) is 0.376. The lowest BCUT2D eigenvalue weighted by Crippen LogP contribution is -2.13. The van der Waals surface area contributed by atoms with Crippen LogP contribution in [0.5, 0.6) is 0 Å². The normalized spacial score (nSPS) is 11.4. The third kappa shape index (κ3) is 3.60. The molecule has 8 nitrogen and oxygen atoms in total. The summed E-state index contributed by atoms with van der Waals surface area (Å²) in [5, 5.41) is 12.9. The summed E-state index contributed by atoms with van der Waals surface area (Å²) in [5.74, 6) is -0.0887. The van der Waals surface area contributed by atoms with Gasteiger partial charge in [-0.2, -0.15) is 0 Å². The van der Waals surface area contributed by atoms with Crippen molar-refractivity contribution in [3.8, 4) is 21.7 Å². The van der Waals surface area contributed by atoms with Gasteiger partial charge < -0.3 is 10.3 Å². The summed E-state index contributed by atoms with van der Waals surface area (Å²) in [5.41, 5.74) is 3.28. The predicted molar refractivity (Wildman–Crippen MR) is 126 cm³/mol. The minimum atomic E-state index is -0.457. The minimum absolute atomic E-state index is 0.280. The second kappa shape index (κ2) is 8.06. The van der Waals surface area contributed by atoms with E-state index in [0.29, 0.717) is 19.0 Å². The molecule has 33 heavy (non-hydrogen) atoms. The number of benzene rings is 1. The van der Waals surface area contributed by atoms with E-state index in [-0.39, 0.29) is 5.69 Å². The van der Waals surface area contributed by atoms with E-state index >= 15 is 0 Å². The second-order valence-corrected chi connectivity index (χ2v) is 8.47. The zero-order valence-electron chi connectivity index (χ0n) is 17.2. The third-order valence-electron chi connectivity index (χ3n) is 5.37. The van der Waals surface area contributed by atoms with Crippen LogP contribution in [0.25, 0.3) is 42.8 Å². The van der Waals surface area contributed by atoms with Gasteiger partial charge in [-0.3, -0.25) is 4.68 Å². The largest absolute Gasteiger partial charge is 0.352 e. The predicted octanol–water partition coefficient (Wildman–Crippen LogP) is 4.74. The highest BCUT2D eigenvalue weighted by atomic mass is 32.1. The fraction of sp³-hybridized carbons (Fsp3) is 0.0870. The van der Waals surface area contributed by atoms with E-state index in [0.717, 1.165) is 37.1 Å². The lowest BCUT2D eigenvalue weighted by atomic mass is 10.0. The van der Waals surface area contributed by atoms with E-state index in [2.05, 4.69) is 41.6 Å². The van der Waals surface area contributed by atoms with Crippen molar-refractivity contribution in [2.45, 2.75) is 6.54 Å². The molecule has 0 spiro atoms. The summed E-state index contributed by atoms with van der Waals surface area (Å²) in [7, 11) is 0. The fourth-order valence-electron chi connectivity index (χ4n) is 3.85. The Hall–Kier alpha value is -4.18. The number of hydrogen-bond acceptors (Lipinski definition) is 7. The van der Waals surface area contributed by atoms with Crippen molar-refractivity contribution in [3.05, 3.63) is 73.2 Å². The van der Waals surface area contributed by atoms with E-state index in [4.69, 9.17) is 0 Å². The number of nitrogens with zero attached hydrogens (tertiary/aromatic N) is 6. The molecule has 0 aliphatic heterocycles. The highest BCUT2D eigenvalue weighted by Crippen LogP contribution is 2.40. The summed E-state index contributed by atoms with van der Waals surface area (Å²) in [4.78, 5) is 16.8. The minimum Gasteiger partial charge on any atom is -0.352 e. The Labute approximate surface area is 191 Å². The van der Waals surface area contributed by atoms with Gasteiger partial charge in [-0.25, -0.2) is 19.3 Å². The first kappa shape index (κ1) is 19.5. The molecule has 5 aromatic heterocycles. The Morgan fingerprint density at radius 2 is 2.06 bits per heavy atom. The molecule has 5 heterocycles. The first-order chi connectivity index (χ1) is 16.3. The summed E-state index contributed by atoms with van der Waals surface area (Å²) in [6.07, 6.45) is 8.28. The van der Waals surface area contributed by atoms with Gasteiger partial charge in [-0.1, -0.05) is 23.4 Å². The molecule has 6 rings (SSSR count). The molecule has 0 aliphatic rings. The number of rotatable bonds is 6. The van der Waals surface area contributed by atoms with Gasteiger partial charge in [0.1, 0.15) is 11.3 Å².